The lowest BCUT2D eigenvalue weighted by Gasteiger charge is -2.47. The number of halogens is 4. The lowest BCUT2D eigenvalue weighted by Crippen LogP contribution is -2.50. The first-order valence-electron chi connectivity index (χ1n) is 10.6. The molecule has 1 aliphatic rings. The number of nitrogens with one attached hydrogen (secondary N) is 1. The Balaban J connectivity index is 1.83. The molecule has 0 spiro atoms. The van der Waals surface area contributed by atoms with Crippen LogP contribution < -0.4 is 15.8 Å². The SMILES string of the molecule is COC[C@@]1(C)SC(N)=N[C@](C)(c2cc(NC(=O)c3ccc(OCC(F)(F)F)cn3)ccc2F)C1C. The Morgan fingerprint density at radius 1 is 1.26 bits per heavy atom. The Labute approximate surface area is 204 Å². The monoisotopic (exact) mass is 514 g/mol. The summed E-state index contributed by atoms with van der Waals surface area (Å²) >= 11 is 1.37. The van der Waals surface area contributed by atoms with Gasteiger partial charge in [-0.25, -0.2) is 9.37 Å². The van der Waals surface area contributed by atoms with Crippen molar-refractivity contribution in [2.75, 3.05) is 25.6 Å². The summed E-state index contributed by atoms with van der Waals surface area (Å²) in [6, 6.07) is 6.55. The van der Waals surface area contributed by atoms with E-state index in [1.54, 1.807) is 14.0 Å². The maximum atomic E-state index is 15.0. The third-order valence-electron chi connectivity index (χ3n) is 6.01. The standard InChI is InChI=1S/C23H26F4N4O3S/c1-13-21(2,11-33-4)35-20(28)31-22(13,3)16-9-14(5-7-17(16)24)30-19(32)18-8-6-15(10-29-18)34-12-23(25,26)27/h5-10,13H,11-12H2,1-4H3,(H2,28,31)(H,30,32)/t13?,21-,22+/m1/s1. The molecular weight excluding hydrogens is 488 g/mol. The summed E-state index contributed by atoms with van der Waals surface area (Å²) in [7, 11) is 1.58. The molecule has 35 heavy (non-hydrogen) atoms. The zero-order valence-electron chi connectivity index (χ0n) is 19.6. The van der Waals surface area contributed by atoms with Crippen molar-refractivity contribution >= 4 is 28.5 Å². The molecule has 190 valence electrons. The Morgan fingerprint density at radius 3 is 2.57 bits per heavy atom. The van der Waals surface area contributed by atoms with Crippen molar-refractivity contribution in [2.45, 2.75) is 37.2 Å². The average Bonchev–Trinajstić information content (AvgIpc) is 2.77. The Bertz CT molecular complexity index is 1110. The first kappa shape index (κ1) is 26.7. The number of alkyl halides is 3. The van der Waals surface area contributed by atoms with Gasteiger partial charge in [0, 0.05) is 29.0 Å². The van der Waals surface area contributed by atoms with Crippen LogP contribution in [0.4, 0.5) is 23.2 Å². The van der Waals surface area contributed by atoms with Crippen LogP contribution in [0.2, 0.25) is 0 Å². The molecule has 7 nitrogen and oxygen atoms in total. The number of amidine groups is 1. The number of carbonyl (C=O) groups is 1. The van der Waals surface area contributed by atoms with Gasteiger partial charge in [0.15, 0.2) is 11.8 Å². The number of nitrogens with two attached hydrogens (primary N) is 1. The lowest BCUT2D eigenvalue weighted by atomic mass is 9.74. The van der Waals surface area contributed by atoms with Gasteiger partial charge in [0.05, 0.1) is 18.3 Å². The van der Waals surface area contributed by atoms with Crippen LogP contribution in [0.15, 0.2) is 41.5 Å². The number of nitrogens with zero attached hydrogens (tertiary/aromatic N) is 2. The lowest BCUT2D eigenvalue weighted by molar-refractivity contribution is -0.153. The van der Waals surface area contributed by atoms with Crippen molar-refractivity contribution in [3.8, 4) is 5.75 Å². The number of hydrogen-bond acceptors (Lipinski definition) is 7. The van der Waals surface area contributed by atoms with Crippen LogP contribution in [0.3, 0.4) is 0 Å². The molecule has 1 aromatic carbocycles. The molecule has 3 rings (SSSR count). The minimum Gasteiger partial charge on any atom is -0.483 e. The summed E-state index contributed by atoms with van der Waals surface area (Å²) in [5.74, 6) is -1.47. The van der Waals surface area contributed by atoms with E-state index >= 15 is 4.39 Å². The van der Waals surface area contributed by atoms with Crippen LogP contribution in [0.5, 0.6) is 5.75 Å². The minimum absolute atomic E-state index is 0.0567. The molecule has 0 saturated heterocycles. The number of ether oxygens (including phenoxy) is 2. The molecule has 1 amide bonds. The number of benzene rings is 1. The van der Waals surface area contributed by atoms with Crippen molar-refractivity contribution in [3.63, 3.8) is 0 Å². The second kappa shape index (κ2) is 10.0. The highest BCUT2D eigenvalue weighted by atomic mass is 32.2. The fraction of sp³-hybridized carbons (Fsp3) is 0.435. The number of carbonyl (C=O) groups excluding carboxylic acids is 1. The molecule has 3 atom stereocenters. The summed E-state index contributed by atoms with van der Waals surface area (Å²) < 4.78 is 61.4. The molecule has 0 saturated carbocycles. The molecule has 0 fully saturated rings. The number of hydrogen-bond donors (Lipinski definition) is 2. The molecule has 3 N–H and O–H groups in total. The molecule has 0 bridgehead atoms. The van der Waals surface area contributed by atoms with E-state index in [0.717, 1.165) is 6.20 Å². The van der Waals surface area contributed by atoms with Gasteiger partial charge in [-0.15, -0.1) is 0 Å². The first-order valence-corrected chi connectivity index (χ1v) is 11.4. The van der Waals surface area contributed by atoms with E-state index in [9.17, 15) is 18.0 Å². The van der Waals surface area contributed by atoms with Crippen LogP contribution in [0.1, 0.15) is 36.8 Å². The van der Waals surface area contributed by atoms with Gasteiger partial charge in [0.1, 0.15) is 17.3 Å². The third-order valence-corrected chi connectivity index (χ3v) is 7.25. The molecular formula is C23H26F4N4O3S. The van der Waals surface area contributed by atoms with Crippen LogP contribution in [-0.4, -0.2) is 47.3 Å². The van der Waals surface area contributed by atoms with E-state index in [1.165, 1.54) is 42.1 Å². The Kier molecular flexibility index (Phi) is 7.65. The van der Waals surface area contributed by atoms with Gasteiger partial charge in [0.25, 0.3) is 5.91 Å². The second-order valence-corrected chi connectivity index (χ2v) is 10.2. The van der Waals surface area contributed by atoms with Crippen molar-refractivity contribution in [3.05, 3.63) is 53.6 Å². The van der Waals surface area contributed by atoms with Crippen molar-refractivity contribution in [1.82, 2.24) is 4.98 Å². The predicted molar refractivity (Wildman–Crippen MR) is 126 cm³/mol. The zero-order valence-corrected chi connectivity index (χ0v) is 20.4. The molecule has 2 aromatic rings. The van der Waals surface area contributed by atoms with Crippen LogP contribution >= 0.6 is 11.8 Å². The van der Waals surface area contributed by atoms with Gasteiger partial charge in [-0.3, -0.25) is 9.79 Å². The predicted octanol–water partition coefficient (Wildman–Crippen LogP) is 4.73. The van der Waals surface area contributed by atoms with Gasteiger partial charge >= 0.3 is 6.18 Å². The maximum Gasteiger partial charge on any atom is 0.422 e. The number of anilines is 1. The topological polar surface area (TPSA) is 98.8 Å². The normalized spacial score (nSPS) is 24.6. The van der Waals surface area contributed by atoms with Crippen molar-refractivity contribution in [2.24, 2.45) is 16.6 Å². The fourth-order valence-electron chi connectivity index (χ4n) is 3.96. The summed E-state index contributed by atoms with van der Waals surface area (Å²) in [5, 5.41) is 2.93. The van der Waals surface area contributed by atoms with E-state index in [2.05, 4.69) is 20.0 Å². The van der Waals surface area contributed by atoms with E-state index < -0.39 is 34.8 Å². The number of aromatic nitrogens is 1. The zero-order chi connectivity index (χ0) is 26.0. The van der Waals surface area contributed by atoms with Gasteiger partial charge in [-0.05, 0) is 44.2 Å². The fourth-order valence-corrected chi connectivity index (χ4v) is 5.25. The molecule has 0 radical (unpaired) electrons. The summed E-state index contributed by atoms with van der Waals surface area (Å²) in [6.07, 6.45) is -3.47. The van der Waals surface area contributed by atoms with Crippen LogP contribution in [-0.2, 0) is 10.3 Å². The van der Waals surface area contributed by atoms with Gasteiger partial charge < -0.3 is 20.5 Å². The Hall–Kier alpha value is -2.86. The van der Waals surface area contributed by atoms with Crippen molar-refractivity contribution < 1.29 is 31.8 Å². The average molecular weight is 515 g/mol. The van der Waals surface area contributed by atoms with E-state index in [0.29, 0.717) is 17.5 Å². The van der Waals surface area contributed by atoms with E-state index in [1.807, 2.05) is 13.8 Å². The van der Waals surface area contributed by atoms with E-state index in [4.69, 9.17) is 10.5 Å². The summed E-state index contributed by atoms with van der Waals surface area (Å²) in [4.78, 5) is 21.1. The number of aliphatic imine (C=N–C) groups is 1. The second-order valence-electron chi connectivity index (χ2n) is 8.60. The third kappa shape index (κ3) is 6.04. The van der Waals surface area contributed by atoms with Gasteiger partial charge in [0.2, 0.25) is 0 Å². The van der Waals surface area contributed by atoms with E-state index in [-0.39, 0.29) is 22.9 Å². The molecule has 12 heteroatoms. The number of methoxy groups -OCH3 is 1. The smallest absolute Gasteiger partial charge is 0.422 e. The van der Waals surface area contributed by atoms with Crippen LogP contribution in [0, 0.1) is 11.7 Å². The largest absolute Gasteiger partial charge is 0.483 e. The minimum atomic E-state index is -4.49. The summed E-state index contributed by atoms with van der Waals surface area (Å²) in [5.41, 5.74) is 5.55. The quantitative estimate of drug-likeness (QED) is 0.519. The highest BCUT2D eigenvalue weighted by Crippen LogP contribution is 2.50. The molecule has 1 aliphatic heterocycles. The summed E-state index contributed by atoms with van der Waals surface area (Å²) in [6.45, 7) is 4.60. The van der Waals surface area contributed by atoms with Crippen molar-refractivity contribution in [1.29, 1.82) is 0 Å². The first-order chi connectivity index (χ1) is 16.3. The molecule has 0 aliphatic carbocycles. The Morgan fingerprint density at radius 2 is 1.97 bits per heavy atom. The van der Waals surface area contributed by atoms with Crippen LogP contribution in [0.25, 0.3) is 0 Å². The number of thioether (sulfide) groups is 1. The van der Waals surface area contributed by atoms with Gasteiger partial charge in [-0.1, -0.05) is 18.7 Å². The maximum absolute atomic E-state index is 15.0. The highest BCUT2D eigenvalue weighted by Gasteiger charge is 2.50. The number of pyridine rings is 1. The number of rotatable bonds is 7. The highest BCUT2D eigenvalue weighted by molar-refractivity contribution is 8.15. The number of amides is 1. The molecule has 1 unspecified atom stereocenters. The van der Waals surface area contributed by atoms with Gasteiger partial charge in [-0.2, -0.15) is 13.2 Å². The molecule has 2 heterocycles. The molecule has 1 aromatic heterocycles.